The van der Waals surface area contributed by atoms with E-state index in [-0.39, 0.29) is 11.7 Å². The standard InChI is InChI=1S/C18H16O2/c19-18-15(10-6-9-14-7-2-1-3-8-14)13-20-17-12-5-4-11-16(17)18/h1-9,11-12,15H,10,13H2/b9-6+. The lowest BCUT2D eigenvalue weighted by molar-refractivity contribution is 0.0833. The summed E-state index contributed by atoms with van der Waals surface area (Å²) in [4.78, 5) is 12.3. The lowest BCUT2D eigenvalue weighted by atomic mass is 9.92. The minimum Gasteiger partial charge on any atom is -0.492 e. The molecule has 0 radical (unpaired) electrons. The minimum absolute atomic E-state index is 0.0788. The second kappa shape index (κ2) is 5.74. The van der Waals surface area contributed by atoms with Gasteiger partial charge < -0.3 is 4.74 Å². The highest BCUT2D eigenvalue weighted by Gasteiger charge is 2.27. The number of allylic oxidation sites excluding steroid dienone is 1. The summed E-state index contributed by atoms with van der Waals surface area (Å²) in [6.07, 6.45) is 4.81. The number of ketones is 1. The van der Waals surface area contributed by atoms with Gasteiger partial charge >= 0.3 is 0 Å². The zero-order chi connectivity index (χ0) is 13.8. The number of fused-ring (bicyclic) bond motifs is 1. The SMILES string of the molecule is O=C1c2ccccc2OCC1C/C=C/c1ccccc1. The Morgan fingerprint density at radius 2 is 1.80 bits per heavy atom. The first-order valence-corrected chi connectivity index (χ1v) is 6.82. The third-order valence-electron chi connectivity index (χ3n) is 3.49. The van der Waals surface area contributed by atoms with E-state index in [9.17, 15) is 4.79 Å². The largest absolute Gasteiger partial charge is 0.492 e. The van der Waals surface area contributed by atoms with Gasteiger partial charge in [0.2, 0.25) is 0 Å². The van der Waals surface area contributed by atoms with Gasteiger partial charge in [-0.15, -0.1) is 0 Å². The number of para-hydroxylation sites is 1. The summed E-state index contributed by atoms with van der Waals surface area (Å²) in [6.45, 7) is 0.467. The van der Waals surface area contributed by atoms with Crippen LogP contribution in [0.4, 0.5) is 0 Å². The van der Waals surface area contributed by atoms with Crippen LogP contribution in [0, 0.1) is 5.92 Å². The predicted molar refractivity (Wildman–Crippen MR) is 79.9 cm³/mol. The molecule has 0 saturated heterocycles. The molecule has 0 fully saturated rings. The van der Waals surface area contributed by atoms with Crippen molar-refractivity contribution in [3.63, 3.8) is 0 Å². The first kappa shape index (κ1) is 12.7. The molecule has 0 aromatic heterocycles. The molecule has 1 atom stereocenters. The number of Topliss-reactive ketones (excluding diaryl/α,β-unsaturated/α-hetero) is 1. The Hall–Kier alpha value is -2.35. The van der Waals surface area contributed by atoms with Crippen LogP contribution in [0.15, 0.2) is 60.7 Å². The van der Waals surface area contributed by atoms with E-state index in [1.807, 2.05) is 60.7 Å². The van der Waals surface area contributed by atoms with Gasteiger partial charge in [0.15, 0.2) is 5.78 Å². The van der Waals surface area contributed by atoms with Crippen LogP contribution in [-0.2, 0) is 0 Å². The van der Waals surface area contributed by atoms with Crippen molar-refractivity contribution in [3.05, 3.63) is 71.8 Å². The number of rotatable bonds is 3. The average Bonchev–Trinajstić information content (AvgIpc) is 2.51. The van der Waals surface area contributed by atoms with Gasteiger partial charge in [0.1, 0.15) is 5.75 Å². The number of carbonyl (C=O) groups excluding carboxylic acids is 1. The van der Waals surface area contributed by atoms with Crippen molar-refractivity contribution in [3.8, 4) is 5.75 Å². The summed E-state index contributed by atoms with van der Waals surface area (Å²) in [7, 11) is 0. The van der Waals surface area contributed by atoms with Gasteiger partial charge in [-0.3, -0.25) is 4.79 Å². The molecule has 2 aromatic rings. The monoisotopic (exact) mass is 264 g/mol. The lowest BCUT2D eigenvalue weighted by Gasteiger charge is -2.23. The van der Waals surface area contributed by atoms with Crippen LogP contribution in [0.25, 0.3) is 6.08 Å². The maximum Gasteiger partial charge on any atom is 0.173 e. The zero-order valence-electron chi connectivity index (χ0n) is 11.2. The summed E-state index contributed by atoms with van der Waals surface area (Å²) in [6, 6.07) is 17.6. The van der Waals surface area contributed by atoms with E-state index in [0.717, 1.165) is 5.56 Å². The average molecular weight is 264 g/mol. The Labute approximate surface area is 118 Å². The molecule has 0 bridgehead atoms. The normalized spacial score (nSPS) is 17.8. The van der Waals surface area contributed by atoms with E-state index in [0.29, 0.717) is 24.3 Å². The van der Waals surface area contributed by atoms with Gasteiger partial charge in [-0.1, -0.05) is 54.6 Å². The van der Waals surface area contributed by atoms with Gasteiger partial charge in [0.25, 0.3) is 0 Å². The number of hydrogen-bond acceptors (Lipinski definition) is 2. The first-order chi connectivity index (χ1) is 9.84. The molecule has 1 aliphatic heterocycles. The maximum atomic E-state index is 12.3. The van der Waals surface area contributed by atoms with Crippen LogP contribution < -0.4 is 4.74 Å². The highest BCUT2D eigenvalue weighted by atomic mass is 16.5. The van der Waals surface area contributed by atoms with Crippen LogP contribution in [0.3, 0.4) is 0 Å². The van der Waals surface area contributed by atoms with Crippen molar-refractivity contribution in [2.75, 3.05) is 6.61 Å². The van der Waals surface area contributed by atoms with E-state index in [4.69, 9.17) is 4.74 Å². The van der Waals surface area contributed by atoms with Crippen molar-refractivity contribution in [1.29, 1.82) is 0 Å². The van der Waals surface area contributed by atoms with Crippen molar-refractivity contribution >= 4 is 11.9 Å². The van der Waals surface area contributed by atoms with Crippen molar-refractivity contribution in [1.82, 2.24) is 0 Å². The van der Waals surface area contributed by atoms with Crippen LogP contribution in [0.5, 0.6) is 5.75 Å². The van der Waals surface area contributed by atoms with Gasteiger partial charge in [-0.05, 0) is 24.1 Å². The third-order valence-corrected chi connectivity index (χ3v) is 3.49. The van der Waals surface area contributed by atoms with E-state index >= 15 is 0 Å². The third kappa shape index (κ3) is 2.64. The molecule has 2 heteroatoms. The quantitative estimate of drug-likeness (QED) is 0.838. The number of carbonyl (C=O) groups is 1. The Balaban J connectivity index is 1.68. The predicted octanol–water partition coefficient (Wildman–Crippen LogP) is 3.98. The van der Waals surface area contributed by atoms with Gasteiger partial charge in [-0.25, -0.2) is 0 Å². The summed E-state index contributed by atoms with van der Waals surface area (Å²) in [5.41, 5.74) is 1.86. The second-order valence-electron chi connectivity index (χ2n) is 4.92. The Bertz CT molecular complexity index is 629. The van der Waals surface area contributed by atoms with Crippen molar-refractivity contribution in [2.24, 2.45) is 5.92 Å². The molecule has 3 rings (SSSR count). The number of ether oxygens (including phenoxy) is 1. The summed E-state index contributed by atoms with van der Waals surface area (Å²) in [5, 5.41) is 0. The highest BCUT2D eigenvalue weighted by Crippen LogP contribution is 2.28. The smallest absolute Gasteiger partial charge is 0.173 e. The first-order valence-electron chi connectivity index (χ1n) is 6.82. The fourth-order valence-corrected chi connectivity index (χ4v) is 2.39. The van der Waals surface area contributed by atoms with E-state index in [1.165, 1.54) is 0 Å². The van der Waals surface area contributed by atoms with E-state index in [1.54, 1.807) is 0 Å². The highest BCUT2D eigenvalue weighted by molar-refractivity contribution is 6.01. The topological polar surface area (TPSA) is 26.3 Å². The number of hydrogen-bond donors (Lipinski definition) is 0. The molecule has 1 heterocycles. The second-order valence-corrected chi connectivity index (χ2v) is 4.92. The van der Waals surface area contributed by atoms with Crippen molar-refractivity contribution < 1.29 is 9.53 Å². The Morgan fingerprint density at radius 3 is 2.65 bits per heavy atom. The van der Waals surface area contributed by atoms with E-state index in [2.05, 4.69) is 6.08 Å². The lowest BCUT2D eigenvalue weighted by Crippen LogP contribution is -2.27. The molecule has 1 aliphatic rings. The molecule has 0 spiro atoms. The fourth-order valence-electron chi connectivity index (χ4n) is 2.39. The Kier molecular flexibility index (Phi) is 3.64. The molecule has 0 amide bonds. The zero-order valence-corrected chi connectivity index (χ0v) is 11.2. The minimum atomic E-state index is -0.0788. The molecule has 20 heavy (non-hydrogen) atoms. The van der Waals surface area contributed by atoms with Crippen LogP contribution >= 0.6 is 0 Å². The fraction of sp³-hybridized carbons (Fsp3) is 0.167. The van der Waals surface area contributed by atoms with Crippen LogP contribution in [-0.4, -0.2) is 12.4 Å². The molecule has 0 N–H and O–H groups in total. The maximum absolute atomic E-state index is 12.3. The summed E-state index contributed by atoms with van der Waals surface area (Å²) >= 11 is 0. The van der Waals surface area contributed by atoms with Gasteiger partial charge in [-0.2, -0.15) is 0 Å². The van der Waals surface area contributed by atoms with Crippen molar-refractivity contribution in [2.45, 2.75) is 6.42 Å². The van der Waals surface area contributed by atoms with Gasteiger partial charge in [0.05, 0.1) is 18.1 Å². The van der Waals surface area contributed by atoms with E-state index < -0.39 is 0 Å². The molecule has 100 valence electrons. The molecule has 1 unspecified atom stereocenters. The van der Waals surface area contributed by atoms with Gasteiger partial charge in [0, 0.05) is 0 Å². The molecular weight excluding hydrogens is 248 g/mol. The van der Waals surface area contributed by atoms with Crippen LogP contribution in [0.1, 0.15) is 22.3 Å². The molecular formula is C18H16O2. The summed E-state index contributed by atoms with van der Waals surface area (Å²) < 4.78 is 5.65. The molecule has 0 aliphatic carbocycles. The molecule has 2 aromatic carbocycles. The van der Waals surface area contributed by atoms with Crippen LogP contribution in [0.2, 0.25) is 0 Å². The molecule has 2 nitrogen and oxygen atoms in total. The Morgan fingerprint density at radius 1 is 1.05 bits per heavy atom. The number of benzene rings is 2. The summed E-state index contributed by atoms with van der Waals surface area (Å²) in [5.74, 6) is 0.815. The molecule has 0 saturated carbocycles.